The number of aryl methyl sites for hydroxylation is 4. The quantitative estimate of drug-likeness (QED) is 0.0884. The molecule has 0 saturated carbocycles. The van der Waals surface area contributed by atoms with Gasteiger partial charge in [-0.2, -0.15) is 16.8 Å². The van der Waals surface area contributed by atoms with Crippen LogP contribution in [0.4, 0.5) is 16.7 Å². The molecule has 1 amide bonds. The normalized spacial score (nSPS) is 16.5. The monoisotopic (exact) mass is 1280 g/mol. The molecule has 2 fully saturated rings. The van der Waals surface area contributed by atoms with Gasteiger partial charge in [0.1, 0.15) is 29.4 Å². The third-order valence-corrected chi connectivity index (χ3v) is 15.4. The van der Waals surface area contributed by atoms with Crippen LogP contribution in [-0.2, 0) is 34.4 Å². The van der Waals surface area contributed by atoms with E-state index in [9.17, 15) is 15.0 Å². The Labute approximate surface area is 537 Å². The minimum atomic E-state index is -0.750. The Morgan fingerprint density at radius 3 is 1.45 bits per heavy atom. The molecule has 24 nitrogen and oxygen atoms in total. The van der Waals surface area contributed by atoms with Gasteiger partial charge in [0.2, 0.25) is 11.9 Å². The number of benzene rings is 3. The van der Waals surface area contributed by atoms with E-state index in [1.807, 2.05) is 146 Å². The molecule has 0 unspecified atom stereocenters. The van der Waals surface area contributed by atoms with Crippen LogP contribution in [0.5, 0.6) is 0 Å². The zero-order valence-corrected chi connectivity index (χ0v) is 53.2. The summed E-state index contributed by atoms with van der Waals surface area (Å²) < 4.78 is 53.2. The molecule has 2 aliphatic heterocycles. The number of β-amino-alcohol motifs (C(OH)–C–C–N with tert-alkyl or cyclic N) is 2. The molecule has 0 radical (unpaired) electrons. The first-order chi connectivity index (χ1) is 44.4. The van der Waals surface area contributed by atoms with Crippen LogP contribution in [0.3, 0.4) is 0 Å². The zero-order chi connectivity index (χ0) is 65.1. The molecule has 8 aromatic heterocycles. The molecule has 0 bridgehead atoms. The second-order valence-electron chi connectivity index (χ2n) is 23.4. The van der Waals surface area contributed by atoms with Crippen LogP contribution >= 0.6 is 0 Å². The van der Waals surface area contributed by atoms with Crippen molar-refractivity contribution in [2.75, 3.05) is 36.8 Å². The van der Waals surface area contributed by atoms with Crippen LogP contribution in [-0.4, -0.2) is 148 Å². The molecule has 2 aliphatic rings. The number of fused-ring (bicyclic) bond motifs is 2. The van der Waals surface area contributed by atoms with Gasteiger partial charge in [0.05, 0.1) is 64.0 Å². The lowest BCUT2D eigenvalue weighted by molar-refractivity contribution is 0.00175. The second-order valence-corrected chi connectivity index (χ2v) is 23.6. The van der Waals surface area contributed by atoms with Crippen LogP contribution in [0, 0.1) is 27.7 Å². The number of carbonyl (C=O) groups is 1. The van der Waals surface area contributed by atoms with Gasteiger partial charge >= 0.3 is 29.2 Å². The molecular formula is C66H68N14O10S2. The van der Waals surface area contributed by atoms with Gasteiger partial charge in [-0.15, -0.1) is 0 Å². The molecule has 0 spiro atoms. The van der Waals surface area contributed by atoms with Gasteiger partial charge in [-0.25, -0.2) is 34.7 Å². The smallest absolute Gasteiger partial charge is 0.410 e. The number of nitrogens with zero attached hydrogens (tertiary/aromatic N) is 12. The first kappa shape index (κ1) is 65.0. The Kier molecular flexibility index (Phi) is 20.7. The third kappa shape index (κ3) is 15.6. The second kappa shape index (κ2) is 29.3. The van der Waals surface area contributed by atoms with Gasteiger partial charge in [-0.05, 0) is 127 Å². The van der Waals surface area contributed by atoms with Gasteiger partial charge in [0.25, 0.3) is 0 Å². The number of ether oxygens (including phenoxy) is 1. The highest BCUT2D eigenvalue weighted by Gasteiger charge is 2.33. The van der Waals surface area contributed by atoms with Crippen LogP contribution in [0.2, 0.25) is 0 Å². The van der Waals surface area contributed by atoms with Gasteiger partial charge in [-0.3, -0.25) is 4.90 Å². The topological polar surface area (TPSA) is 305 Å². The number of aromatic nitrogens is 10. The molecule has 4 N–H and O–H groups in total. The van der Waals surface area contributed by atoms with E-state index in [4.69, 9.17) is 50.6 Å². The van der Waals surface area contributed by atoms with Crippen molar-refractivity contribution in [1.82, 2.24) is 59.2 Å². The first-order valence-electron chi connectivity index (χ1n) is 29.5. The number of hydrogen-bond acceptors (Lipinski definition) is 21. The Hall–Kier alpha value is -9.99. The zero-order valence-electron chi connectivity index (χ0n) is 51.5. The molecule has 11 aromatic rings. The maximum absolute atomic E-state index is 12.7. The van der Waals surface area contributed by atoms with Crippen molar-refractivity contribution < 1.29 is 45.6 Å². The van der Waals surface area contributed by atoms with E-state index < -0.39 is 47.0 Å². The highest BCUT2D eigenvalue weighted by atomic mass is 32.1. The number of aliphatic hydroxyl groups is 2. The van der Waals surface area contributed by atoms with Gasteiger partial charge in [0.15, 0.2) is 0 Å². The molecule has 2 saturated heterocycles. The summed E-state index contributed by atoms with van der Waals surface area (Å²) >= 11 is -1.50. The highest BCUT2D eigenvalue weighted by Crippen LogP contribution is 2.37. The summed E-state index contributed by atoms with van der Waals surface area (Å²) in [5.41, 5.74) is 14.3. The van der Waals surface area contributed by atoms with Crippen molar-refractivity contribution in [1.29, 1.82) is 0 Å². The number of rotatable bonds is 12. The maximum atomic E-state index is 12.7. The third-order valence-electron chi connectivity index (χ3n) is 15.4. The summed E-state index contributed by atoms with van der Waals surface area (Å²) in [5.74, 6) is 0.957. The average molecular weight is 1280 g/mol. The summed E-state index contributed by atoms with van der Waals surface area (Å²) in [6, 6.07) is 38.4. The SMILES string of the molecule is Cc1cnc(N[C@H]2C[C@@H](O)CN(C(=O)OC(C)(C)C)C2)nc1-c1cn(-c2ccccc2)c2nc(-c3conc3C)ccc12.Cc1cnc(N[C@H]2C[C@@H](O)CN(Cc3ccccc3)C2)nc1-c1cn(-c2ccccc2)c2nc(-c3conc3C)ccc12.O=S=O.O=S=O. The molecular weight excluding hydrogens is 1210 g/mol. The molecule has 4 atom stereocenters. The largest absolute Gasteiger partial charge is 0.444 e. The Morgan fingerprint density at radius 2 is 1.01 bits per heavy atom. The molecule has 0 aliphatic carbocycles. The molecule has 92 heavy (non-hydrogen) atoms. The maximum Gasteiger partial charge on any atom is 0.410 e. The van der Waals surface area contributed by atoms with Crippen LogP contribution in [0.15, 0.2) is 162 Å². The van der Waals surface area contributed by atoms with Gasteiger partial charge in [-0.1, -0.05) is 77.0 Å². The summed E-state index contributed by atoms with van der Waals surface area (Å²) in [5, 5.41) is 38.1. The number of para-hydroxylation sites is 2. The number of aliphatic hydroxyl groups excluding tert-OH is 2. The average Bonchev–Trinajstić information content (AvgIpc) is 1.72. The number of amides is 1. The highest BCUT2D eigenvalue weighted by molar-refractivity contribution is 7.52. The number of pyridine rings is 2. The number of likely N-dealkylation sites (tertiary alicyclic amines) is 2. The number of hydrogen-bond donors (Lipinski definition) is 4. The van der Waals surface area contributed by atoms with Crippen LogP contribution in [0.1, 0.15) is 61.7 Å². The molecule has 3 aromatic carbocycles. The Morgan fingerprint density at radius 1 is 0.576 bits per heavy atom. The van der Waals surface area contributed by atoms with Crippen molar-refractivity contribution in [2.45, 2.75) is 97.7 Å². The summed E-state index contributed by atoms with van der Waals surface area (Å²) in [4.78, 5) is 45.8. The molecule has 26 heteroatoms. The number of anilines is 2. The van der Waals surface area contributed by atoms with Gasteiger partial charge in [0, 0.05) is 96.3 Å². The molecule has 474 valence electrons. The van der Waals surface area contributed by atoms with E-state index in [-0.39, 0.29) is 18.6 Å². The molecule has 10 heterocycles. The fourth-order valence-corrected chi connectivity index (χ4v) is 11.4. The lowest BCUT2D eigenvalue weighted by atomic mass is 10.0. The first-order valence-corrected chi connectivity index (χ1v) is 30.9. The number of piperidine rings is 2. The number of nitrogens with one attached hydrogen (secondary N) is 2. The Bertz CT molecular complexity index is 4400. The van der Waals surface area contributed by atoms with Crippen LogP contribution in [0.25, 0.3) is 78.5 Å². The van der Waals surface area contributed by atoms with Crippen molar-refractivity contribution >= 4 is 63.2 Å². The van der Waals surface area contributed by atoms with Crippen LogP contribution < -0.4 is 10.6 Å². The summed E-state index contributed by atoms with van der Waals surface area (Å²) in [6.45, 7) is 16.1. The fraction of sp³-hybridized carbons (Fsp3) is 0.288. The standard InChI is InChI=1S/C34H33N7O2.C32H35N7O4.2O2S/c1-22-16-35-34(36-25-15-27(42)19-40(18-25)17-24-9-5-3-6-10-24)38-32(22)29-20-41(26-11-7-4-8-12-26)33-28(29)13-14-31(37-33)30-21-43-39-23(30)2;1-19-14-33-30(34-21-13-23(40)16-38(15-21)31(41)43-32(3,4)5)36-28(19)25-17-39(22-9-7-6-8-10-22)29-24(25)11-12-27(35-29)26-18-42-37-20(26)2;2*1-3-2/h3-14,16,20-21,25,27,42H,15,17-19H2,1-2H3,(H,35,36,38);6-12,14,17-18,21,23,40H,13,15-16H2,1-5H3,(H,33,34,36);;/t25-,27+;21-,23+;;/m00../s1. The van der Waals surface area contributed by atoms with Gasteiger partial charge < -0.3 is 48.7 Å². The van der Waals surface area contributed by atoms with Crippen molar-refractivity contribution in [2.24, 2.45) is 0 Å². The summed E-state index contributed by atoms with van der Waals surface area (Å²) in [7, 11) is 0. The van der Waals surface area contributed by atoms with Crippen molar-refractivity contribution in [3.8, 4) is 56.4 Å². The fourth-order valence-electron chi connectivity index (χ4n) is 11.4. The van der Waals surface area contributed by atoms with E-state index in [1.165, 1.54) is 10.5 Å². The predicted molar refractivity (Wildman–Crippen MR) is 348 cm³/mol. The summed E-state index contributed by atoms with van der Waals surface area (Å²) in [6.07, 6.45) is 10.6. The predicted octanol–water partition coefficient (Wildman–Crippen LogP) is 10.00. The Balaban J connectivity index is 0.000000186. The van der Waals surface area contributed by atoms with Crippen molar-refractivity contribution in [3.63, 3.8) is 0 Å². The van der Waals surface area contributed by atoms with E-state index in [0.29, 0.717) is 37.8 Å². The van der Waals surface area contributed by atoms with E-state index in [0.717, 1.165) is 114 Å². The minimum Gasteiger partial charge on any atom is -0.444 e. The van der Waals surface area contributed by atoms with E-state index in [2.05, 4.69) is 81.5 Å². The lowest BCUT2D eigenvalue weighted by Crippen LogP contribution is -2.52. The lowest BCUT2D eigenvalue weighted by Gasteiger charge is -2.36. The molecule has 13 rings (SSSR count). The van der Waals surface area contributed by atoms with E-state index >= 15 is 0 Å². The van der Waals surface area contributed by atoms with E-state index in [1.54, 1.807) is 18.7 Å². The minimum absolute atomic E-state index is 0.0183. The van der Waals surface area contributed by atoms with Crippen molar-refractivity contribution in [3.05, 3.63) is 181 Å². The number of carbonyl (C=O) groups excluding carboxylic acids is 1.